The highest BCUT2D eigenvalue weighted by Crippen LogP contribution is 2.41. The average Bonchev–Trinajstić information content (AvgIpc) is 3.14. The highest BCUT2D eigenvalue weighted by Gasteiger charge is 2.58. The predicted molar refractivity (Wildman–Crippen MR) is 110 cm³/mol. The Morgan fingerprint density at radius 3 is 2.50 bits per heavy atom. The molecule has 2 aromatic carbocycles. The van der Waals surface area contributed by atoms with E-state index in [-0.39, 0.29) is 11.3 Å². The number of anilines is 1. The van der Waals surface area contributed by atoms with E-state index in [1.165, 1.54) is 14.0 Å². The molecule has 4 rings (SSSR count). The van der Waals surface area contributed by atoms with E-state index in [0.717, 1.165) is 5.01 Å². The molecule has 2 amide bonds. The van der Waals surface area contributed by atoms with Gasteiger partial charge in [0.2, 0.25) is 0 Å². The highest BCUT2D eigenvalue weighted by molar-refractivity contribution is 6.23. The van der Waals surface area contributed by atoms with Crippen LogP contribution in [0.15, 0.2) is 65.9 Å². The van der Waals surface area contributed by atoms with Crippen molar-refractivity contribution in [1.29, 1.82) is 0 Å². The van der Waals surface area contributed by atoms with E-state index in [0.29, 0.717) is 17.0 Å². The molecule has 2 aromatic rings. The maximum Gasteiger partial charge on any atom is 0.406 e. The van der Waals surface area contributed by atoms with Crippen molar-refractivity contribution in [3.05, 3.63) is 71.4 Å². The molecule has 1 saturated heterocycles. The molecule has 3 atom stereocenters. The lowest BCUT2D eigenvalue weighted by Crippen LogP contribution is -2.56. The number of nitrogens with zero attached hydrogens (tertiary/aromatic N) is 1. The lowest BCUT2D eigenvalue weighted by molar-refractivity contribution is -0.161. The molecule has 3 unspecified atom stereocenters. The molecule has 10 heteroatoms. The zero-order valence-electron chi connectivity index (χ0n) is 17.2. The van der Waals surface area contributed by atoms with Crippen LogP contribution in [-0.2, 0) is 9.59 Å². The normalized spacial score (nSPS) is 23.0. The number of nitrogens with one attached hydrogen (secondary N) is 3. The smallest absolute Gasteiger partial charge is 0.406 e. The van der Waals surface area contributed by atoms with E-state index >= 15 is 0 Å². The van der Waals surface area contributed by atoms with Crippen molar-refractivity contribution in [1.82, 2.24) is 15.8 Å². The third-order valence-electron chi connectivity index (χ3n) is 5.52. The summed E-state index contributed by atoms with van der Waals surface area (Å²) in [6.07, 6.45) is -5.62. The Kier molecular flexibility index (Phi) is 5.55. The van der Waals surface area contributed by atoms with E-state index < -0.39 is 36.1 Å². The van der Waals surface area contributed by atoms with E-state index in [9.17, 15) is 22.8 Å². The molecule has 2 aliphatic rings. The Balaban J connectivity index is 1.65. The summed E-state index contributed by atoms with van der Waals surface area (Å²) in [6.45, 7) is 1.50. The van der Waals surface area contributed by atoms with Crippen LogP contribution in [-0.4, -0.2) is 42.3 Å². The summed E-state index contributed by atoms with van der Waals surface area (Å²) in [5.74, 6) is -2.17. The Bertz CT molecular complexity index is 1070. The number of hydrogen-bond donors (Lipinski definition) is 3. The third kappa shape index (κ3) is 3.89. The first-order valence-electron chi connectivity index (χ1n) is 9.85. The monoisotopic (exact) mass is 446 g/mol. The Hall–Kier alpha value is -3.53. The van der Waals surface area contributed by atoms with Crippen LogP contribution < -0.4 is 20.8 Å². The molecule has 0 radical (unpaired) electrons. The van der Waals surface area contributed by atoms with Crippen LogP contribution in [0, 0.1) is 0 Å². The van der Waals surface area contributed by atoms with Crippen LogP contribution in [0.5, 0.6) is 5.75 Å². The predicted octanol–water partition coefficient (Wildman–Crippen LogP) is 2.90. The van der Waals surface area contributed by atoms with Crippen LogP contribution in [0.1, 0.15) is 18.4 Å². The number of methoxy groups -OCH3 is 1. The van der Waals surface area contributed by atoms with Crippen LogP contribution in [0.25, 0.3) is 0 Å². The fraction of sp³-hybridized carbons (Fsp3) is 0.273. The molecule has 0 spiro atoms. The molecule has 0 aromatic heterocycles. The molecular formula is C22H21F3N4O3. The largest absolute Gasteiger partial charge is 0.497 e. The van der Waals surface area contributed by atoms with E-state index in [1.54, 1.807) is 54.6 Å². The molecule has 0 saturated carbocycles. The lowest BCUT2D eigenvalue weighted by Gasteiger charge is -2.34. The van der Waals surface area contributed by atoms with Gasteiger partial charge in [-0.05, 0) is 24.6 Å². The van der Waals surface area contributed by atoms with Gasteiger partial charge in [0, 0.05) is 17.5 Å². The Morgan fingerprint density at radius 1 is 1.12 bits per heavy atom. The van der Waals surface area contributed by atoms with Gasteiger partial charge < -0.3 is 15.4 Å². The Labute approximate surface area is 182 Å². The third-order valence-corrected chi connectivity index (χ3v) is 5.52. The summed E-state index contributed by atoms with van der Waals surface area (Å²) in [4.78, 5) is 26.0. The minimum atomic E-state index is -4.61. The van der Waals surface area contributed by atoms with Gasteiger partial charge in [-0.2, -0.15) is 13.2 Å². The summed E-state index contributed by atoms with van der Waals surface area (Å²) < 4.78 is 46.6. The van der Waals surface area contributed by atoms with Crippen molar-refractivity contribution in [3.63, 3.8) is 0 Å². The number of rotatable bonds is 4. The Morgan fingerprint density at radius 2 is 1.84 bits per heavy atom. The van der Waals surface area contributed by atoms with Crippen LogP contribution in [0.2, 0.25) is 0 Å². The van der Waals surface area contributed by atoms with Crippen molar-refractivity contribution in [3.8, 4) is 5.75 Å². The number of fused-ring (bicyclic) bond motifs is 1. The maximum absolute atomic E-state index is 13.8. The van der Waals surface area contributed by atoms with Crippen molar-refractivity contribution < 1.29 is 27.5 Å². The quantitative estimate of drug-likeness (QED) is 0.630. The second kappa shape index (κ2) is 8.19. The number of ether oxygens (including phenoxy) is 1. The molecule has 0 bridgehead atoms. The second-order valence-electron chi connectivity index (χ2n) is 7.54. The maximum atomic E-state index is 13.8. The van der Waals surface area contributed by atoms with Gasteiger partial charge in [-0.15, -0.1) is 0 Å². The zero-order chi connectivity index (χ0) is 23.0. The first-order valence-corrected chi connectivity index (χ1v) is 9.85. The first-order chi connectivity index (χ1) is 15.2. The number of allylic oxidation sites excluding steroid dienone is 1. The number of halogens is 3. The summed E-state index contributed by atoms with van der Waals surface area (Å²) >= 11 is 0. The minimum Gasteiger partial charge on any atom is -0.497 e. The number of hydrogen-bond acceptors (Lipinski definition) is 5. The van der Waals surface area contributed by atoms with E-state index in [2.05, 4.69) is 16.1 Å². The van der Waals surface area contributed by atoms with Crippen molar-refractivity contribution in [2.24, 2.45) is 0 Å². The van der Waals surface area contributed by atoms with Crippen LogP contribution >= 0.6 is 0 Å². The van der Waals surface area contributed by atoms with Crippen molar-refractivity contribution >= 4 is 17.5 Å². The van der Waals surface area contributed by atoms with Gasteiger partial charge in [-0.3, -0.25) is 9.59 Å². The summed E-state index contributed by atoms with van der Waals surface area (Å²) in [5, 5.41) is 6.40. The van der Waals surface area contributed by atoms with Gasteiger partial charge in [0.05, 0.1) is 13.0 Å². The molecule has 2 aliphatic heterocycles. The molecule has 1 fully saturated rings. The lowest BCUT2D eigenvalue weighted by atomic mass is 9.89. The number of carbonyl (C=O) groups excluding carboxylic acids is 2. The van der Waals surface area contributed by atoms with Gasteiger partial charge in [-0.1, -0.05) is 36.4 Å². The molecule has 32 heavy (non-hydrogen) atoms. The SMILES string of the molecule is COc1cccc(NC(=O)C2=C(C)NC3C(c4ccccc4)C(C(F)(F)F)NN3C2=O)c1. The number of alkyl halides is 3. The molecule has 2 heterocycles. The molecule has 3 N–H and O–H groups in total. The van der Waals surface area contributed by atoms with Gasteiger partial charge in [-0.25, -0.2) is 10.4 Å². The van der Waals surface area contributed by atoms with E-state index in [4.69, 9.17) is 4.74 Å². The van der Waals surface area contributed by atoms with Crippen LogP contribution in [0.4, 0.5) is 18.9 Å². The summed E-state index contributed by atoms with van der Waals surface area (Å²) in [5.41, 5.74) is 3.01. The standard InChI is InChI=1S/C22H21F3N4O3/c1-12-16(20(30)27-14-9-6-10-15(11-14)32-2)21(31)29-19(26-12)17(13-7-4-3-5-8-13)18(28-29)22(23,24)25/h3-11,17-19,26,28H,1-2H3,(H,27,30). The molecule has 168 valence electrons. The topological polar surface area (TPSA) is 82.7 Å². The first kappa shape index (κ1) is 21.7. The number of amides is 2. The summed E-state index contributed by atoms with van der Waals surface area (Å²) in [6, 6.07) is 12.7. The van der Waals surface area contributed by atoms with Gasteiger partial charge in [0.15, 0.2) is 0 Å². The van der Waals surface area contributed by atoms with E-state index in [1.807, 2.05) is 0 Å². The fourth-order valence-corrected chi connectivity index (χ4v) is 4.06. The van der Waals surface area contributed by atoms with Gasteiger partial charge >= 0.3 is 6.18 Å². The van der Waals surface area contributed by atoms with Crippen molar-refractivity contribution in [2.45, 2.75) is 31.2 Å². The van der Waals surface area contributed by atoms with Crippen LogP contribution in [0.3, 0.4) is 0 Å². The van der Waals surface area contributed by atoms with Crippen molar-refractivity contribution in [2.75, 3.05) is 12.4 Å². The number of carbonyl (C=O) groups is 2. The highest BCUT2D eigenvalue weighted by atomic mass is 19.4. The number of hydrazine groups is 1. The summed E-state index contributed by atoms with van der Waals surface area (Å²) in [7, 11) is 1.47. The molecule has 0 aliphatic carbocycles. The molecular weight excluding hydrogens is 425 g/mol. The fourth-order valence-electron chi connectivity index (χ4n) is 4.06. The van der Waals surface area contributed by atoms with Gasteiger partial charge in [0.1, 0.15) is 23.5 Å². The van der Waals surface area contributed by atoms with Gasteiger partial charge in [0.25, 0.3) is 11.8 Å². The molecule has 7 nitrogen and oxygen atoms in total. The number of benzene rings is 2. The average molecular weight is 446 g/mol. The minimum absolute atomic E-state index is 0.196. The zero-order valence-corrected chi connectivity index (χ0v) is 17.2. The second-order valence-corrected chi connectivity index (χ2v) is 7.54.